The Morgan fingerprint density at radius 1 is 1.16 bits per heavy atom. The first-order valence-corrected chi connectivity index (χ1v) is 6.56. The molecule has 5 heteroatoms. The molecule has 3 nitrogen and oxygen atoms in total. The normalized spacial score (nSPS) is 9.89. The van der Waals surface area contributed by atoms with E-state index in [1.165, 1.54) is 5.56 Å². The predicted octanol–water partition coefficient (Wildman–Crippen LogP) is 4.44. The van der Waals surface area contributed by atoms with Gasteiger partial charge in [-0.05, 0) is 11.6 Å². The number of nitrogens with zero attached hydrogens (tertiary/aromatic N) is 1. The highest BCUT2D eigenvalue weighted by atomic mass is 35.5. The van der Waals surface area contributed by atoms with Crippen LogP contribution in [0.25, 0.3) is 11.3 Å². The fraction of sp³-hybridized carbons (Fsp3) is 0.0714. The molecule has 2 aromatic heterocycles. The van der Waals surface area contributed by atoms with Crippen molar-refractivity contribution in [3.05, 3.63) is 59.9 Å². The molecule has 0 unspecified atom stereocenters. The molecule has 98 valence electrons. The van der Waals surface area contributed by atoms with Crippen molar-refractivity contribution in [2.45, 2.75) is 6.54 Å². The largest absolute Gasteiger partial charge is 0.472 e. The number of anilines is 1. The highest BCUT2D eigenvalue weighted by Gasteiger charge is 2.05. The Labute approximate surface area is 121 Å². The highest BCUT2D eigenvalue weighted by molar-refractivity contribution is 7.14. The van der Waals surface area contributed by atoms with Crippen molar-refractivity contribution >= 4 is 28.9 Å². The SMILES string of the molecule is Cl.c1ccc(CNc2nc(-c3ccoc3)cs2)cc1. The molecular formula is C14H13ClN2OS. The average Bonchev–Trinajstić information content (AvgIpc) is 3.08. The number of hydrogen-bond donors (Lipinski definition) is 1. The predicted molar refractivity (Wildman–Crippen MR) is 80.8 cm³/mol. The quantitative estimate of drug-likeness (QED) is 0.772. The number of furan rings is 1. The van der Waals surface area contributed by atoms with Gasteiger partial charge in [-0.1, -0.05) is 30.3 Å². The van der Waals surface area contributed by atoms with E-state index in [0.717, 1.165) is 22.9 Å². The van der Waals surface area contributed by atoms with Crippen LogP contribution in [0.1, 0.15) is 5.56 Å². The lowest BCUT2D eigenvalue weighted by Crippen LogP contribution is -1.98. The van der Waals surface area contributed by atoms with Gasteiger partial charge in [0.25, 0.3) is 0 Å². The molecule has 0 atom stereocenters. The smallest absolute Gasteiger partial charge is 0.183 e. The Bertz CT molecular complexity index is 607. The van der Waals surface area contributed by atoms with E-state index in [1.807, 2.05) is 29.6 Å². The molecule has 19 heavy (non-hydrogen) atoms. The molecule has 0 fully saturated rings. The second kappa shape index (κ2) is 6.41. The zero-order chi connectivity index (χ0) is 12.2. The van der Waals surface area contributed by atoms with Crippen LogP contribution in [0.5, 0.6) is 0 Å². The molecular weight excluding hydrogens is 280 g/mol. The topological polar surface area (TPSA) is 38.1 Å². The summed E-state index contributed by atoms with van der Waals surface area (Å²) >= 11 is 1.60. The van der Waals surface area contributed by atoms with Crippen molar-refractivity contribution in [1.29, 1.82) is 0 Å². The summed E-state index contributed by atoms with van der Waals surface area (Å²) in [6.07, 6.45) is 3.36. The Kier molecular flexibility index (Phi) is 4.60. The summed E-state index contributed by atoms with van der Waals surface area (Å²) in [5, 5.41) is 6.27. The minimum atomic E-state index is 0. The first-order chi connectivity index (χ1) is 8.92. The summed E-state index contributed by atoms with van der Waals surface area (Å²) in [5.41, 5.74) is 3.21. The maximum atomic E-state index is 5.05. The summed E-state index contributed by atoms with van der Waals surface area (Å²) in [7, 11) is 0. The van der Waals surface area contributed by atoms with Gasteiger partial charge in [0, 0.05) is 17.5 Å². The van der Waals surface area contributed by atoms with E-state index in [9.17, 15) is 0 Å². The fourth-order valence-corrected chi connectivity index (χ4v) is 2.39. The monoisotopic (exact) mass is 292 g/mol. The van der Waals surface area contributed by atoms with E-state index in [1.54, 1.807) is 23.9 Å². The minimum absolute atomic E-state index is 0. The maximum absolute atomic E-state index is 5.05. The molecule has 0 aliphatic carbocycles. The zero-order valence-electron chi connectivity index (χ0n) is 10.1. The van der Waals surface area contributed by atoms with E-state index in [2.05, 4.69) is 22.4 Å². The fourth-order valence-electron chi connectivity index (χ4n) is 1.67. The molecule has 1 aromatic carbocycles. The van der Waals surface area contributed by atoms with Crippen LogP contribution in [0.3, 0.4) is 0 Å². The van der Waals surface area contributed by atoms with Gasteiger partial charge in [-0.2, -0.15) is 0 Å². The molecule has 0 saturated heterocycles. The average molecular weight is 293 g/mol. The molecule has 0 aliphatic rings. The molecule has 0 radical (unpaired) electrons. The molecule has 3 aromatic rings. The molecule has 0 spiro atoms. The second-order valence-electron chi connectivity index (χ2n) is 3.89. The zero-order valence-corrected chi connectivity index (χ0v) is 11.7. The minimum Gasteiger partial charge on any atom is -0.472 e. The van der Waals surface area contributed by atoms with Crippen molar-refractivity contribution in [2.75, 3.05) is 5.32 Å². The molecule has 0 bridgehead atoms. The van der Waals surface area contributed by atoms with Gasteiger partial charge in [0.1, 0.15) is 0 Å². The molecule has 0 amide bonds. The summed E-state index contributed by atoms with van der Waals surface area (Å²) in [5.74, 6) is 0. The third-order valence-corrected chi connectivity index (χ3v) is 3.41. The van der Waals surface area contributed by atoms with Crippen LogP contribution in [0.4, 0.5) is 5.13 Å². The molecule has 3 rings (SSSR count). The Balaban J connectivity index is 0.00000133. The van der Waals surface area contributed by atoms with E-state index < -0.39 is 0 Å². The first kappa shape index (κ1) is 13.6. The summed E-state index contributed by atoms with van der Waals surface area (Å²) < 4.78 is 5.05. The van der Waals surface area contributed by atoms with Gasteiger partial charge < -0.3 is 9.73 Å². The summed E-state index contributed by atoms with van der Waals surface area (Å²) in [6, 6.07) is 12.2. The van der Waals surface area contributed by atoms with Crippen molar-refractivity contribution < 1.29 is 4.42 Å². The lowest BCUT2D eigenvalue weighted by atomic mass is 10.2. The van der Waals surface area contributed by atoms with Gasteiger partial charge in [0.15, 0.2) is 5.13 Å². The number of rotatable bonds is 4. The van der Waals surface area contributed by atoms with Gasteiger partial charge in [-0.3, -0.25) is 0 Å². The van der Waals surface area contributed by atoms with E-state index in [0.29, 0.717) is 0 Å². The standard InChI is InChI=1S/C14H12N2OS.ClH/c1-2-4-11(5-3-1)8-15-14-16-13(10-18-14)12-6-7-17-9-12;/h1-7,9-10H,8H2,(H,15,16);1H. The molecule has 0 aliphatic heterocycles. The lowest BCUT2D eigenvalue weighted by molar-refractivity contribution is 0.568. The van der Waals surface area contributed by atoms with Gasteiger partial charge in [0.2, 0.25) is 0 Å². The van der Waals surface area contributed by atoms with E-state index in [4.69, 9.17) is 4.42 Å². The number of halogens is 1. The van der Waals surface area contributed by atoms with Crippen LogP contribution >= 0.6 is 23.7 Å². The van der Waals surface area contributed by atoms with Crippen LogP contribution in [0, 0.1) is 0 Å². The van der Waals surface area contributed by atoms with Crippen LogP contribution < -0.4 is 5.32 Å². The summed E-state index contributed by atoms with van der Waals surface area (Å²) in [4.78, 5) is 4.52. The summed E-state index contributed by atoms with van der Waals surface area (Å²) in [6.45, 7) is 0.791. The van der Waals surface area contributed by atoms with E-state index in [-0.39, 0.29) is 12.4 Å². The van der Waals surface area contributed by atoms with Crippen molar-refractivity contribution in [3.8, 4) is 11.3 Å². The Hall–Kier alpha value is -1.78. The van der Waals surface area contributed by atoms with Crippen LogP contribution in [0.15, 0.2) is 58.7 Å². The van der Waals surface area contributed by atoms with E-state index >= 15 is 0 Å². The third kappa shape index (κ3) is 3.36. The van der Waals surface area contributed by atoms with Crippen molar-refractivity contribution in [2.24, 2.45) is 0 Å². The first-order valence-electron chi connectivity index (χ1n) is 5.68. The Morgan fingerprint density at radius 3 is 2.74 bits per heavy atom. The number of nitrogens with one attached hydrogen (secondary N) is 1. The number of thiazole rings is 1. The van der Waals surface area contributed by atoms with Gasteiger partial charge in [-0.15, -0.1) is 23.7 Å². The molecule has 0 saturated carbocycles. The van der Waals surface area contributed by atoms with Gasteiger partial charge >= 0.3 is 0 Å². The number of aromatic nitrogens is 1. The van der Waals surface area contributed by atoms with Crippen LogP contribution in [-0.4, -0.2) is 4.98 Å². The maximum Gasteiger partial charge on any atom is 0.183 e. The van der Waals surface area contributed by atoms with Crippen molar-refractivity contribution in [1.82, 2.24) is 4.98 Å². The van der Waals surface area contributed by atoms with Gasteiger partial charge in [0.05, 0.1) is 18.2 Å². The number of benzene rings is 1. The molecule has 2 heterocycles. The second-order valence-corrected chi connectivity index (χ2v) is 4.75. The van der Waals surface area contributed by atoms with Crippen LogP contribution in [0.2, 0.25) is 0 Å². The van der Waals surface area contributed by atoms with Crippen LogP contribution in [-0.2, 0) is 6.54 Å². The van der Waals surface area contributed by atoms with Gasteiger partial charge in [-0.25, -0.2) is 4.98 Å². The lowest BCUT2D eigenvalue weighted by Gasteiger charge is -2.01. The third-order valence-electron chi connectivity index (χ3n) is 2.61. The highest BCUT2D eigenvalue weighted by Crippen LogP contribution is 2.25. The molecule has 1 N–H and O–H groups in total. The Morgan fingerprint density at radius 2 is 2.00 bits per heavy atom. The number of hydrogen-bond acceptors (Lipinski definition) is 4. The van der Waals surface area contributed by atoms with Crippen molar-refractivity contribution in [3.63, 3.8) is 0 Å².